The highest BCUT2D eigenvalue weighted by atomic mass is 35.5. The maximum absolute atomic E-state index is 11.8. The zero-order chi connectivity index (χ0) is 12.9. The van der Waals surface area contributed by atoms with E-state index in [2.05, 4.69) is 0 Å². The summed E-state index contributed by atoms with van der Waals surface area (Å²) in [7, 11) is 0. The van der Waals surface area contributed by atoms with E-state index in [1.807, 2.05) is 0 Å². The minimum Gasteiger partial charge on any atom is -0.491 e. The summed E-state index contributed by atoms with van der Waals surface area (Å²) in [5, 5.41) is 0.347. The second-order valence-electron chi connectivity index (χ2n) is 3.04. The Kier molecular flexibility index (Phi) is 5.76. The highest BCUT2D eigenvalue weighted by Crippen LogP contribution is 2.30. The van der Waals surface area contributed by atoms with Crippen LogP contribution < -0.4 is 4.74 Å². The molecule has 0 N–H and O–H groups in total. The lowest BCUT2D eigenvalue weighted by atomic mass is 10.2. The molecule has 0 heterocycles. The fourth-order valence-electron chi connectivity index (χ4n) is 1.05. The summed E-state index contributed by atoms with van der Waals surface area (Å²) in [4.78, 5) is 0. The Morgan fingerprint density at radius 2 is 2.00 bits per heavy atom. The van der Waals surface area contributed by atoms with E-state index in [1.165, 1.54) is 0 Å². The first-order valence-corrected chi connectivity index (χ1v) is 6.50. The van der Waals surface area contributed by atoms with E-state index in [9.17, 15) is 13.2 Å². The molecule has 7 heteroatoms. The quantitative estimate of drug-likeness (QED) is 0.575. The monoisotopic (exact) mass is 304 g/mol. The number of benzene rings is 1. The van der Waals surface area contributed by atoms with Crippen molar-refractivity contribution in [2.45, 2.75) is 11.4 Å². The van der Waals surface area contributed by atoms with Gasteiger partial charge in [-0.2, -0.15) is 13.2 Å². The predicted octanol–water partition coefficient (Wildman–Crippen LogP) is 4.71. The van der Waals surface area contributed by atoms with Gasteiger partial charge in [0, 0.05) is 11.6 Å². The molecule has 1 aromatic rings. The van der Waals surface area contributed by atoms with Gasteiger partial charge in [0.1, 0.15) is 5.75 Å². The van der Waals surface area contributed by atoms with Gasteiger partial charge in [-0.15, -0.1) is 11.6 Å². The van der Waals surface area contributed by atoms with Crippen LogP contribution in [0.1, 0.15) is 5.56 Å². The number of rotatable bonds is 5. The number of thioether (sulfide) groups is 1. The standard InChI is InChI=1S/C10H9Cl2F3OS/c11-6-7-1-2-9(8(12)5-7)16-3-4-17-10(13,14)15/h1-2,5H,3-4,6H2. The molecule has 0 saturated heterocycles. The van der Waals surface area contributed by atoms with E-state index in [1.54, 1.807) is 18.2 Å². The van der Waals surface area contributed by atoms with E-state index >= 15 is 0 Å². The van der Waals surface area contributed by atoms with Gasteiger partial charge in [0.05, 0.1) is 11.6 Å². The van der Waals surface area contributed by atoms with E-state index in [-0.39, 0.29) is 24.1 Å². The molecule has 0 radical (unpaired) electrons. The molecule has 0 fully saturated rings. The van der Waals surface area contributed by atoms with Crippen molar-refractivity contribution >= 4 is 35.0 Å². The molecule has 0 aliphatic heterocycles. The molecule has 0 aromatic heterocycles. The first kappa shape index (κ1) is 14.8. The lowest BCUT2D eigenvalue weighted by molar-refractivity contribution is -0.0329. The molecule has 96 valence electrons. The van der Waals surface area contributed by atoms with Crippen LogP contribution in [0.4, 0.5) is 13.2 Å². The summed E-state index contributed by atoms with van der Waals surface area (Å²) in [6.07, 6.45) is 0. The van der Waals surface area contributed by atoms with Crippen molar-refractivity contribution in [3.63, 3.8) is 0 Å². The van der Waals surface area contributed by atoms with Crippen LogP contribution in [0.3, 0.4) is 0 Å². The Labute approximate surface area is 111 Å². The van der Waals surface area contributed by atoms with Gasteiger partial charge in [-0.1, -0.05) is 17.7 Å². The van der Waals surface area contributed by atoms with Crippen molar-refractivity contribution < 1.29 is 17.9 Å². The topological polar surface area (TPSA) is 9.23 Å². The van der Waals surface area contributed by atoms with E-state index < -0.39 is 5.51 Å². The summed E-state index contributed by atoms with van der Waals surface area (Å²) < 4.78 is 40.6. The average molecular weight is 305 g/mol. The van der Waals surface area contributed by atoms with Crippen molar-refractivity contribution in [3.8, 4) is 5.75 Å². The molecule has 0 amide bonds. The van der Waals surface area contributed by atoms with Crippen LogP contribution in [0.2, 0.25) is 5.02 Å². The van der Waals surface area contributed by atoms with Crippen molar-refractivity contribution in [1.82, 2.24) is 0 Å². The first-order valence-electron chi connectivity index (χ1n) is 4.60. The summed E-state index contributed by atoms with van der Waals surface area (Å²) in [6, 6.07) is 4.93. The summed E-state index contributed by atoms with van der Waals surface area (Å²) >= 11 is 11.3. The van der Waals surface area contributed by atoms with Crippen LogP contribution in [0, 0.1) is 0 Å². The van der Waals surface area contributed by atoms with Gasteiger partial charge in [-0.3, -0.25) is 0 Å². The Bertz CT molecular complexity index is 371. The maximum Gasteiger partial charge on any atom is 0.441 e. The van der Waals surface area contributed by atoms with Crippen molar-refractivity contribution in [3.05, 3.63) is 28.8 Å². The molecular weight excluding hydrogens is 296 g/mol. The van der Waals surface area contributed by atoms with Crippen molar-refractivity contribution in [1.29, 1.82) is 0 Å². The number of alkyl halides is 4. The molecule has 0 bridgehead atoms. The molecular formula is C10H9Cl2F3OS. The molecule has 0 saturated carbocycles. The SMILES string of the molecule is FC(F)(F)SCCOc1ccc(CCl)cc1Cl. The fraction of sp³-hybridized carbons (Fsp3) is 0.400. The molecule has 17 heavy (non-hydrogen) atoms. The highest BCUT2D eigenvalue weighted by molar-refractivity contribution is 8.00. The number of halogens is 5. The number of hydrogen-bond donors (Lipinski definition) is 0. The van der Waals surface area contributed by atoms with Crippen LogP contribution in [0.25, 0.3) is 0 Å². The minimum absolute atomic E-state index is 0.0515. The third-order valence-electron chi connectivity index (χ3n) is 1.76. The van der Waals surface area contributed by atoms with Crippen molar-refractivity contribution in [2.75, 3.05) is 12.4 Å². The first-order chi connectivity index (χ1) is 7.92. The highest BCUT2D eigenvalue weighted by Gasteiger charge is 2.27. The van der Waals surface area contributed by atoms with Crippen molar-refractivity contribution in [2.24, 2.45) is 0 Å². The molecule has 1 rings (SSSR count). The lowest BCUT2D eigenvalue weighted by Gasteiger charge is -2.09. The van der Waals surface area contributed by atoms with Crippen LogP contribution in [-0.4, -0.2) is 17.9 Å². The second-order valence-corrected chi connectivity index (χ2v) is 4.88. The minimum atomic E-state index is -4.23. The number of hydrogen-bond acceptors (Lipinski definition) is 2. The van der Waals surface area contributed by atoms with Crippen LogP contribution in [-0.2, 0) is 5.88 Å². The zero-order valence-electron chi connectivity index (χ0n) is 8.56. The summed E-state index contributed by atoms with van der Waals surface area (Å²) in [5.74, 6) is 0.518. The molecule has 0 aliphatic carbocycles. The van der Waals surface area contributed by atoms with Gasteiger partial charge >= 0.3 is 5.51 Å². The second kappa shape index (κ2) is 6.61. The van der Waals surface area contributed by atoms with E-state index in [0.29, 0.717) is 16.7 Å². The van der Waals surface area contributed by atoms with Gasteiger partial charge in [0.15, 0.2) is 0 Å². The largest absolute Gasteiger partial charge is 0.491 e. The third-order valence-corrected chi connectivity index (χ3v) is 3.06. The molecule has 0 spiro atoms. The van der Waals surface area contributed by atoms with Gasteiger partial charge in [-0.05, 0) is 29.5 Å². The Hall–Kier alpha value is -0.260. The van der Waals surface area contributed by atoms with Gasteiger partial charge in [0.25, 0.3) is 0 Å². The van der Waals surface area contributed by atoms with Crippen LogP contribution in [0.5, 0.6) is 5.75 Å². The van der Waals surface area contributed by atoms with E-state index in [0.717, 1.165) is 5.56 Å². The smallest absolute Gasteiger partial charge is 0.441 e. The average Bonchev–Trinajstić information content (AvgIpc) is 2.24. The van der Waals surface area contributed by atoms with E-state index in [4.69, 9.17) is 27.9 Å². The normalized spacial score (nSPS) is 11.6. The summed E-state index contributed by atoms with van der Waals surface area (Å²) in [6.45, 7) is -0.0515. The van der Waals surface area contributed by atoms with Gasteiger partial charge < -0.3 is 4.74 Å². The number of ether oxygens (including phenoxy) is 1. The van der Waals surface area contributed by atoms with Crippen LogP contribution in [0.15, 0.2) is 18.2 Å². The maximum atomic E-state index is 11.8. The fourth-order valence-corrected chi connectivity index (χ4v) is 1.88. The molecule has 1 aromatic carbocycles. The molecule has 0 aliphatic rings. The predicted molar refractivity (Wildman–Crippen MR) is 65.0 cm³/mol. The molecule has 0 unspecified atom stereocenters. The van der Waals surface area contributed by atoms with Gasteiger partial charge in [0.2, 0.25) is 0 Å². The summed E-state index contributed by atoms with van der Waals surface area (Å²) in [5.41, 5.74) is -3.40. The Balaban J connectivity index is 2.42. The lowest BCUT2D eigenvalue weighted by Crippen LogP contribution is -2.07. The molecule has 0 atom stereocenters. The third kappa shape index (κ3) is 5.75. The van der Waals surface area contributed by atoms with Crippen LogP contribution >= 0.6 is 35.0 Å². The Morgan fingerprint density at radius 1 is 1.29 bits per heavy atom. The Morgan fingerprint density at radius 3 is 2.53 bits per heavy atom. The zero-order valence-corrected chi connectivity index (χ0v) is 10.9. The molecule has 1 nitrogen and oxygen atoms in total. The van der Waals surface area contributed by atoms with Gasteiger partial charge in [-0.25, -0.2) is 0 Å².